The van der Waals surface area contributed by atoms with Crippen LogP contribution in [0.1, 0.15) is 32.8 Å². The van der Waals surface area contributed by atoms with Crippen molar-refractivity contribution < 1.29 is 19.4 Å². The van der Waals surface area contributed by atoms with Gasteiger partial charge in [0.2, 0.25) is 5.91 Å². The molecule has 0 aliphatic heterocycles. The van der Waals surface area contributed by atoms with Crippen molar-refractivity contribution >= 4 is 11.9 Å². The number of methoxy groups -OCH3 is 1. The highest BCUT2D eigenvalue weighted by Gasteiger charge is 2.32. The van der Waals surface area contributed by atoms with E-state index < -0.39 is 17.4 Å². The summed E-state index contributed by atoms with van der Waals surface area (Å²) in [6.45, 7) is 5.36. The van der Waals surface area contributed by atoms with Crippen molar-refractivity contribution in [2.75, 3.05) is 7.11 Å². The average molecular weight is 293 g/mol. The van der Waals surface area contributed by atoms with Crippen LogP contribution in [0.25, 0.3) is 0 Å². The van der Waals surface area contributed by atoms with Crippen LogP contribution in [0.3, 0.4) is 0 Å². The Bertz CT molecular complexity index is 505. The second-order valence-corrected chi connectivity index (χ2v) is 6.06. The zero-order valence-electron chi connectivity index (χ0n) is 13.0. The lowest BCUT2D eigenvalue weighted by atomic mass is 9.86. The number of carboxylic acid groups (broad SMARTS) is 1. The van der Waals surface area contributed by atoms with Crippen molar-refractivity contribution in [1.82, 2.24) is 5.32 Å². The topological polar surface area (TPSA) is 75.6 Å². The number of hydrogen-bond donors (Lipinski definition) is 2. The van der Waals surface area contributed by atoms with Gasteiger partial charge in [-0.05, 0) is 29.5 Å². The maximum atomic E-state index is 11.9. The zero-order valence-corrected chi connectivity index (χ0v) is 13.0. The van der Waals surface area contributed by atoms with Crippen molar-refractivity contribution in [3.8, 4) is 5.75 Å². The smallest absolute Gasteiger partial charge is 0.326 e. The van der Waals surface area contributed by atoms with E-state index in [9.17, 15) is 14.7 Å². The predicted molar refractivity (Wildman–Crippen MR) is 80.3 cm³/mol. The molecule has 0 radical (unpaired) electrons. The first-order valence-electron chi connectivity index (χ1n) is 6.89. The van der Waals surface area contributed by atoms with Gasteiger partial charge in [-0.25, -0.2) is 4.79 Å². The van der Waals surface area contributed by atoms with Crippen molar-refractivity contribution in [3.05, 3.63) is 29.8 Å². The Morgan fingerprint density at radius 3 is 2.52 bits per heavy atom. The van der Waals surface area contributed by atoms with Gasteiger partial charge in [0.1, 0.15) is 11.8 Å². The van der Waals surface area contributed by atoms with E-state index in [0.29, 0.717) is 6.42 Å². The molecule has 1 rings (SSSR count). The molecule has 0 unspecified atom stereocenters. The van der Waals surface area contributed by atoms with E-state index in [1.165, 1.54) is 0 Å². The number of aliphatic carboxylic acids is 1. The minimum absolute atomic E-state index is 0.243. The first kappa shape index (κ1) is 17.0. The summed E-state index contributed by atoms with van der Waals surface area (Å²) in [5, 5.41) is 11.8. The van der Waals surface area contributed by atoms with Crippen LogP contribution in [-0.4, -0.2) is 30.1 Å². The molecule has 1 atom stereocenters. The Kier molecular flexibility index (Phi) is 5.76. The molecule has 0 saturated carbocycles. The molecule has 5 heteroatoms. The lowest BCUT2D eigenvalue weighted by Crippen LogP contribution is -2.49. The van der Waals surface area contributed by atoms with E-state index >= 15 is 0 Å². The molecule has 2 N–H and O–H groups in total. The first-order valence-corrected chi connectivity index (χ1v) is 6.89. The van der Waals surface area contributed by atoms with Gasteiger partial charge in [-0.1, -0.05) is 32.9 Å². The van der Waals surface area contributed by atoms with Gasteiger partial charge in [-0.2, -0.15) is 0 Å². The van der Waals surface area contributed by atoms with Crippen LogP contribution in [0.15, 0.2) is 24.3 Å². The van der Waals surface area contributed by atoms with E-state index in [1.807, 2.05) is 24.3 Å². The summed E-state index contributed by atoms with van der Waals surface area (Å²) in [6.07, 6.45) is 0.784. The van der Waals surface area contributed by atoms with Crippen molar-refractivity contribution in [3.63, 3.8) is 0 Å². The summed E-state index contributed by atoms with van der Waals surface area (Å²) in [5.74, 6) is -0.539. The SMILES string of the molecule is COc1cccc(CCC(=O)N[C@@H](C(=O)O)C(C)(C)C)c1. The lowest BCUT2D eigenvalue weighted by molar-refractivity contribution is -0.144. The molecule has 21 heavy (non-hydrogen) atoms. The van der Waals surface area contributed by atoms with E-state index in [-0.39, 0.29) is 12.3 Å². The molecular formula is C16H23NO4. The Labute approximate surface area is 125 Å². The molecule has 1 amide bonds. The highest BCUT2D eigenvalue weighted by atomic mass is 16.5. The fraction of sp³-hybridized carbons (Fsp3) is 0.500. The molecular weight excluding hydrogens is 270 g/mol. The van der Waals surface area contributed by atoms with Gasteiger partial charge in [0.05, 0.1) is 7.11 Å². The Balaban J connectivity index is 2.59. The van der Waals surface area contributed by atoms with Crippen LogP contribution < -0.4 is 10.1 Å². The number of hydrogen-bond acceptors (Lipinski definition) is 3. The van der Waals surface area contributed by atoms with Gasteiger partial charge in [-0.15, -0.1) is 0 Å². The van der Waals surface area contributed by atoms with Gasteiger partial charge in [0, 0.05) is 6.42 Å². The van der Waals surface area contributed by atoms with Crippen LogP contribution >= 0.6 is 0 Å². The second-order valence-electron chi connectivity index (χ2n) is 6.06. The Morgan fingerprint density at radius 2 is 2.00 bits per heavy atom. The van der Waals surface area contributed by atoms with Gasteiger partial charge in [0.15, 0.2) is 0 Å². The fourth-order valence-electron chi connectivity index (χ4n) is 1.97. The van der Waals surface area contributed by atoms with Crippen molar-refractivity contribution in [1.29, 1.82) is 0 Å². The lowest BCUT2D eigenvalue weighted by Gasteiger charge is -2.27. The van der Waals surface area contributed by atoms with Gasteiger partial charge >= 0.3 is 5.97 Å². The molecule has 0 aliphatic carbocycles. The quantitative estimate of drug-likeness (QED) is 0.843. The van der Waals surface area contributed by atoms with Crippen molar-refractivity contribution in [2.45, 2.75) is 39.7 Å². The largest absolute Gasteiger partial charge is 0.497 e. The third-order valence-electron chi connectivity index (χ3n) is 3.19. The highest BCUT2D eigenvalue weighted by molar-refractivity contribution is 5.84. The number of benzene rings is 1. The van der Waals surface area contributed by atoms with E-state index in [4.69, 9.17) is 4.74 Å². The number of amides is 1. The number of rotatable bonds is 6. The third kappa shape index (κ3) is 5.45. The summed E-state index contributed by atoms with van der Waals surface area (Å²) in [7, 11) is 1.59. The Hall–Kier alpha value is -2.04. The summed E-state index contributed by atoms with van der Waals surface area (Å²) in [5.41, 5.74) is 0.449. The maximum Gasteiger partial charge on any atom is 0.326 e. The van der Waals surface area contributed by atoms with Crippen LogP contribution in [0.5, 0.6) is 5.75 Å². The van der Waals surface area contributed by atoms with Gasteiger partial charge < -0.3 is 15.2 Å². The Morgan fingerprint density at radius 1 is 1.33 bits per heavy atom. The number of carboxylic acids is 1. The maximum absolute atomic E-state index is 11.9. The summed E-state index contributed by atoms with van der Waals surface area (Å²) >= 11 is 0. The monoisotopic (exact) mass is 293 g/mol. The van der Waals surface area contributed by atoms with E-state index in [1.54, 1.807) is 27.9 Å². The summed E-state index contributed by atoms with van der Waals surface area (Å²) < 4.78 is 5.12. The molecule has 116 valence electrons. The molecule has 0 aromatic heterocycles. The van der Waals surface area contributed by atoms with Crippen LogP contribution in [0.2, 0.25) is 0 Å². The number of carbonyl (C=O) groups excluding carboxylic acids is 1. The summed E-state index contributed by atoms with van der Waals surface area (Å²) in [4.78, 5) is 23.1. The van der Waals surface area contributed by atoms with Crippen LogP contribution in [0, 0.1) is 5.41 Å². The minimum atomic E-state index is -1.02. The second kappa shape index (κ2) is 7.11. The van der Waals surface area contributed by atoms with Crippen LogP contribution in [-0.2, 0) is 16.0 Å². The standard InChI is InChI=1S/C16H23NO4/c1-16(2,3)14(15(19)20)17-13(18)9-8-11-6-5-7-12(10-11)21-4/h5-7,10,14H,8-9H2,1-4H3,(H,17,18)(H,19,20)/t14-/m0/s1. The van der Waals surface area contributed by atoms with E-state index in [2.05, 4.69) is 5.32 Å². The predicted octanol–water partition coefficient (Wildman–Crippen LogP) is 2.24. The molecule has 5 nitrogen and oxygen atoms in total. The van der Waals surface area contributed by atoms with Crippen LogP contribution in [0.4, 0.5) is 0 Å². The fourth-order valence-corrected chi connectivity index (χ4v) is 1.97. The number of aryl methyl sites for hydroxylation is 1. The number of carbonyl (C=O) groups is 2. The van der Waals surface area contributed by atoms with Gasteiger partial charge in [0.25, 0.3) is 0 Å². The molecule has 0 aliphatic rings. The number of ether oxygens (including phenoxy) is 1. The minimum Gasteiger partial charge on any atom is -0.497 e. The molecule has 0 bridgehead atoms. The number of nitrogens with one attached hydrogen (secondary N) is 1. The molecule has 0 fully saturated rings. The highest BCUT2D eigenvalue weighted by Crippen LogP contribution is 2.20. The first-order chi connectivity index (χ1) is 9.74. The van der Waals surface area contributed by atoms with E-state index in [0.717, 1.165) is 11.3 Å². The molecule has 0 saturated heterocycles. The zero-order chi connectivity index (χ0) is 16.0. The average Bonchev–Trinajstić information content (AvgIpc) is 2.41. The molecule has 1 aromatic carbocycles. The summed E-state index contributed by atoms with van der Waals surface area (Å²) in [6, 6.07) is 6.58. The molecule has 1 aromatic rings. The van der Waals surface area contributed by atoms with Gasteiger partial charge in [-0.3, -0.25) is 4.79 Å². The van der Waals surface area contributed by atoms with Crippen molar-refractivity contribution in [2.24, 2.45) is 5.41 Å². The molecule has 0 spiro atoms. The third-order valence-corrected chi connectivity index (χ3v) is 3.19. The molecule has 0 heterocycles. The normalized spacial score (nSPS) is 12.6.